The van der Waals surface area contributed by atoms with Crippen molar-refractivity contribution in [3.8, 4) is 11.5 Å². The van der Waals surface area contributed by atoms with Gasteiger partial charge in [0.15, 0.2) is 11.5 Å². The minimum Gasteiger partial charge on any atom is -0.503 e. The molecule has 1 aromatic heterocycles. The third kappa shape index (κ3) is 2.74. The molecule has 0 saturated carbocycles. The van der Waals surface area contributed by atoms with Crippen LogP contribution in [0.3, 0.4) is 0 Å². The molecule has 3 N–H and O–H groups in total. The zero-order valence-electron chi connectivity index (χ0n) is 12.0. The first-order valence-electron chi connectivity index (χ1n) is 6.78. The molecule has 0 aliphatic carbocycles. The molecule has 120 valence electrons. The van der Waals surface area contributed by atoms with Crippen LogP contribution in [0.25, 0.3) is 0 Å². The molecule has 23 heavy (non-hydrogen) atoms. The highest BCUT2D eigenvalue weighted by Crippen LogP contribution is 2.39. The lowest BCUT2D eigenvalue weighted by Gasteiger charge is -2.23. The van der Waals surface area contributed by atoms with E-state index < -0.39 is 12.0 Å². The number of rotatable bonds is 4. The van der Waals surface area contributed by atoms with Crippen LogP contribution in [0.15, 0.2) is 34.7 Å². The molecule has 0 fully saturated rings. The summed E-state index contributed by atoms with van der Waals surface area (Å²) in [7, 11) is 0. The Bertz CT molecular complexity index is 802. The summed E-state index contributed by atoms with van der Waals surface area (Å²) in [5, 5.41) is 26.1. The average Bonchev–Trinajstić information content (AvgIpc) is 2.99. The van der Waals surface area contributed by atoms with Crippen LogP contribution in [0.4, 0.5) is 5.95 Å². The fourth-order valence-electron chi connectivity index (χ4n) is 2.33. The van der Waals surface area contributed by atoms with Gasteiger partial charge in [0.2, 0.25) is 5.95 Å². The molecule has 2 aromatic rings. The van der Waals surface area contributed by atoms with Crippen LogP contribution in [-0.2, 0) is 4.79 Å². The first kappa shape index (κ1) is 15.3. The minimum atomic E-state index is -1.09. The van der Waals surface area contributed by atoms with E-state index in [2.05, 4.69) is 31.3 Å². The van der Waals surface area contributed by atoms with Gasteiger partial charge in [-0.15, -0.1) is 0 Å². The molecule has 3 rings (SSSR count). The smallest absolute Gasteiger partial charge is 0.352 e. The molecule has 1 aromatic carbocycles. The van der Waals surface area contributed by atoms with Crippen LogP contribution in [0.1, 0.15) is 18.5 Å². The molecular formula is C14H13BrN4O4. The summed E-state index contributed by atoms with van der Waals surface area (Å²) in [6.07, 6.45) is 2.87. The minimum absolute atomic E-state index is 0.00853. The van der Waals surface area contributed by atoms with Crippen molar-refractivity contribution in [2.45, 2.75) is 13.0 Å². The summed E-state index contributed by atoms with van der Waals surface area (Å²) in [4.78, 5) is 15.3. The SMILES string of the molecule is CCOc1cc([C@@H]2C=C(C(=O)O)Nc3ncnn32)cc(Br)c1O. The number of aliphatic carboxylic acids is 1. The number of aromatic nitrogens is 3. The summed E-state index contributed by atoms with van der Waals surface area (Å²) in [6.45, 7) is 2.20. The van der Waals surface area contributed by atoms with Crippen molar-refractivity contribution in [3.05, 3.63) is 40.3 Å². The van der Waals surface area contributed by atoms with E-state index in [-0.39, 0.29) is 11.4 Å². The number of phenolic OH excluding ortho intramolecular Hbond substituents is 1. The first-order valence-corrected chi connectivity index (χ1v) is 7.57. The zero-order valence-corrected chi connectivity index (χ0v) is 13.6. The molecule has 2 heterocycles. The van der Waals surface area contributed by atoms with E-state index in [1.165, 1.54) is 12.4 Å². The van der Waals surface area contributed by atoms with Gasteiger partial charge < -0.3 is 20.3 Å². The van der Waals surface area contributed by atoms with Crippen LogP contribution in [-0.4, -0.2) is 37.6 Å². The van der Waals surface area contributed by atoms with Crippen molar-refractivity contribution in [3.63, 3.8) is 0 Å². The van der Waals surface area contributed by atoms with E-state index in [0.29, 0.717) is 28.3 Å². The molecular weight excluding hydrogens is 368 g/mol. The zero-order chi connectivity index (χ0) is 16.6. The quantitative estimate of drug-likeness (QED) is 0.744. The van der Waals surface area contributed by atoms with E-state index >= 15 is 0 Å². The summed E-state index contributed by atoms with van der Waals surface area (Å²) in [5.41, 5.74) is 0.711. The Hall–Kier alpha value is -2.55. The second-order valence-electron chi connectivity index (χ2n) is 4.77. The topological polar surface area (TPSA) is 110 Å². The number of benzene rings is 1. The van der Waals surface area contributed by atoms with Crippen molar-refractivity contribution >= 4 is 27.8 Å². The number of aromatic hydroxyl groups is 1. The van der Waals surface area contributed by atoms with Gasteiger partial charge in [-0.2, -0.15) is 10.1 Å². The number of phenols is 1. The number of carboxylic acids is 1. The molecule has 0 spiro atoms. The Labute approximate surface area is 139 Å². The van der Waals surface area contributed by atoms with Crippen LogP contribution in [0.2, 0.25) is 0 Å². The van der Waals surface area contributed by atoms with Gasteiger partial charge in [0.25, 0.3) is 0 Å². The molecule has 1 aliphatic rings. The molecule has 0 amide bonds. The van der Waals surface area contributed by atoms with E-state index in [1.54, 1.807) is 16.8 Å². The van der Waals surface area contributed by atoms with Gasteiger partial charge in [-0.05, 0) is 46.6 Å². The highest BCUT2D eigenvalue weighted by atomic mass is 79.9. The van der Waals surface area contributed by atoms with E-state index in [4.69, 9.17) is 4.74 Å². The fraction of sp³-hybridized carbons (Fsp3) is 0.214. The highest BCUT2D eigenvalue weighted by molar-refractivity contribution is 9.10. The standard InChI is InChI=1S/C14H13BrN4O4/c1-2-23-11-4-7(3-8(15)12(11)20)10-5-9(13(21)22)18-14-16-6-17-19(10)14/h3-6,10,20H,2H2,1H3,(H,21,22)(H,16,17,18)/t10-/m0/s1. The number of nitrogens with one attached hydrogen (secondary N) is 1. The number of allylic oxidation sites excluding steroid dienone is 1. The van der Waals surface area contributed by atoms with Gasteiger partial charge in [0.1, 0.15) is 18.1 Å². The molecule has 0 bridgehead atoms. The third-order valence-corrected chi connectivity index (χ3v) is 3.93. The lowest BCUT2D eigenvalue weighted by Crippen LogP contribution is -2.24. The number of anilines is 1. The maximum absolute atomic E-state index is 11.3. The molecule has 1 aliphatic heterocycles. The van der Waals surface area contributed by atoms with Crippen molar-refractivity contribution in [1.29, 1.82) is 0 Å². The van der Waals surface area contributed by atoms with Crippen molar-refractivity contribution < 1.29 is 19.7 Å². The Balaban J connectivity index is 2.12. The van der Waals surface area contributed by atoms with E-state index in [1.807, 2.05) is 6.92 Å². The molecule has 1 atom stereocenters. The number of nitrogens with zero attached hydrogens (tertiary/aromatic N) is 3. The normalized spacial score (nSPS) is 16.3. The molecule has 9 heteroatoms. The number of carboxylic acid groups (broad SMARTS) is 1. The van der Waals surface area contributed by atoms with Crippen molar-refractivity contribution in [1.82, 2.24) is 14.8 Å². The van der Waals surface area contributed by atoms with E-state index in [0.717, 1.165) is 0 Å². The highest BCUT2D eigenvalue weighted by Gasteiger charge is 2.27. The van der Waals surface area contributed by atoms with Crippen LogP contribution in [0, 0.1) is 0 Å². The average molecular weight is 381 g/mol. The fourth-order valence-corrected chi connectivity index (χ4v) is 2.79. The van der Waals surface area contributed by atoms with Crippen LogP contribution in [0.5, 0.6) is 11.5 Å². The number of carbonyl (C=O) groups is 1. The summed E-state index contributed by atoms with van der Waals surface area (Å²) < 4.78 is 7.42. The Morgan fingerprint density at radius 1 is 1.52 bits per heavy atom. The third-order valence-electron chi connectivity index (χ3n) is 3.33. The lowest BCUT2D eigenvalue weighted by atomic mass is 10.0. The van der Waals surface area contributed by atoms with Gasteiger partial charge in [0, 0.05) is 0 Å². The molecule has 0 saturated heterocycles. The van der Waals surface area contributed by atoms with Gasteiger partial charge in [-0.3, -0.25) is 0 Å². The van der Waals surface area contributed by atoms with Crippen LogP contribution >= 0.6 is 15.9 Å². The van der Waals surface area contributed by atoms with Gasteiger partial charge >= 0.3 is 5.97 Å². The van der Waals surface area contributed by atoms with Gasteiger partial charge in [-0.25, -0.2) is 9.48 Å². The van der Waals surface area contributed by atoms with Crippen molar-refractivity contribution in [2.75, 3.05) is 11.9 Å². The number of hydrogen-bond donors (Lipinski definition) is 3. The summed E-state index contributed by atoms with van der Waals surface area (Å²) in [6, 6.07) is 2.85. The molecule has 8 nitrogen and oxygen atoms in total. The second kappa shape index (κ2) is 5.92. The maximum atomic E-state index is 11.3. The summed E-state index contributed by atoms with van der Waals surface area (Å²) in [5.74, 6) is -0.461. The number of ether oxygens (including phenoxy) is 1. The number of halogens is 1. The monoisotopic (exact) mass is 380 g/mol. The summed E-state index contributed by atoms with van der Waals surface area (Å²) >= 11 is 3.28. The largest absolute Gasteiger partial charge is 0.503 e. The van der Waals surface area contributed by atoms with Gasteiger partial charge in [-0.1, -0.05) is 0 Å². The first-order chi connectivity index (χ1) is 11.0. The maximum Gasteiger partial charge on any atom is 0.352 e. The Morgan fingerprint density at radius 2 is 2.30 bits per heavy atom. The van der Waals surface area contributed by atoms with Crippen molar-refractivity contribution in [2.24, 2.45) is 0 Å². The second-order valence-corrected chi connectivity index (χ2v) is 5.62. The lowest BCUT2D eigenvalue weighted by molar-refractivity contribution is -0.132. The van der Waals surface area contributed by atoms with Gasteiger partial charge in [0.05, 0.1) is 11.1 Å². The van der Waals surface area contributed by atoms with Crippen LogP contribution < -0.4 is 10.1 Å². The Kier molecular flexibility index (Phi) is 3.95. The predicted octanol–water partition coefficient (Wildman–Crippen LogP) is 2.13. The predicted molar refractivity (Wildman–Crippen MR) is 84.5 cm³/mol. The Morgan fingerprint density at radius 3 is 3.00 bits per heavy atom. The van der Waals surface area contributed by atoms with E-state index in [9.17, 15) is 15.0 Å². The molecule has 0 unspecified atom stereocenters. The number of hydrogen-bond acceptors (Lipinski definition) is 6. The molecule has 0 radical (unpaired) electrons. The number of fused-ring (bicyclic) bond motifs is 1.